The van der Waals surface area contributed by atoms with Crippen LogP contribution in [0.5, 0.6) is 0 Å². The van der Waals surface area contributed by atoms with Gasteiger partial charge in [0.05, 0.1) is 16.4 Å². The minimum Gasteiger partial charge on any atom is -0.448 e. The van der Waals surface area contributed by atoms with Crippen molar-refractivity contribution in [2.45, 2.75) is 26.4 Å². The summed E-state index contributed by atoms with van der Waals surface area (Å²) in [4.78, 5) is 24.5. The molecule has 6 nitrogen and oxygen atoms in total. The Morgan fingerprint density at radius 1 is 1.39 bits per heavy atom. The molecule has 1 atom stereocenters. The van der Waals surface area contributed by atoms with Crippen LogP contribution in [0.1, 0.15) is 29.2 Å². The second-order valence-electron chi connectivity index (χ2n) is 4.56. The number of carbonyl (C=O) groups excluding carboxylic acids is 2. The Bertz CT molecular complexity index is 736. The molecule has 0 fully saturated rings. The second kappa shape index (κ2) is 7.72. The van der Waals surface area contributed by atoms with E-state index < -0.39 is 18.0 Å². The number of anilines is 1. The van der Waals surface area contributed by atoms with E-state index in [9.17, 15) is 9.59 Å². The molecular formula is C14H13Cl2N3O3S. The molecule has 0 radical (unpaired) electrons. The minimum absolute atomic E-state index is 0.299. The van der Waals surface area contributed by atoms with Gasteiger partial charge in [0.15, 0.2) is 11.0 Å². The average molecular weight is 374 g/mol. The molecule has 1 N–H and O–H groups in total. The lowest BCUT2D eigenvalue weighted by atomic mass is 10.3. The predicted molar refractivity (Wildman–Crippen MR) is 89.3 cm³/mol. The van der Waals surface area contributed by atoms with Crippen LogP contribution in [0.4, 0.5) is 5.69 Å². The number of ether oxygens (including phenoxy) is 1. The highest BCUT2D eigenvalue weighted by atomic mass is 35.5. The van der Waals surface area contributed by atoms with Crippen molar-refractivity contribution < 1.29 is 14.3 Å². The first-order valence-electron chi connectivity index (χ1n) is 6.70. The Hall–Kier alpha value is -1.70. The maximum Gasteiger partial charge on any atom is 0.352 e. The summed E-state index contributed by atoms with van der Waals surface area (Å²) in [6.07, 6.45) is -0.455. The molecule has 0 bridgehead atoms. The van der Waals surface area contributed by atoms with Crippen LogP contribution in [0.25, 0.3) is 0 Å². The first-order chi connectivity index (χ1) is 10.9. The van der Waals surface area contributed by atoms with Crippen molar-refractivity contribution in [3.05, 3.63) is 38.8 Å². The molecule has 0 aliphatic carbocycles. The number of hydrogen-bond donors (Lipinski definition) is 1. The third kappa shape index (κ3) is 4.40. The smallest absolute Gasteiger partial charge is 0.352 e. The van der Waals surface area contributed by atoms with Gasteiger partial charge in [-0.25, -0.2) is 4.79 Å². The molecule has 1 aromatic heterocycles. The van der Waals surface area contributed by atoms with E-state index >= 15 is 0 Å². The molecule has 0 unspecified atom stereocenters. The summed E-state index contributed by atoms with van der Waals surface area (Å²) in [5.41, 5.74) is 0.895. The quantitative estimate of drug-likeness (QED) is 0.809. The summed E-state index contributed by atoms with van der Waals surface area (Å²) >= 11 is 12.8. The van der Waals surface area contributed by atoms with Crippen LogP contribution < -0.4 is 5.32 Å². The summed E-state index contributed by atoms with van der Waals surface area (Å²) in [6.45, 7) is 3.32. The lowest BCUT2D eigenvalue weighted by Gasteiger charge is -2.14. The van der Waals surface area contributed by atoms with E-state index in [1.807, 2.05) is 6.92 Å². The van der Waals surface area contributed by atoms with Crippen molar-refractivity contribution in [1.82, 2.24) is 9.59 Å². The van der Waals surface area contributed by atoms with Gasteiger partial charge < -0.3 is 10.1 Å². The van der Waals surface area contributed by atoms with Crippen LogP contribution in [-0.4, -0.2) is 27.6 Å². The molecular weight excluding hydrogens is 361 g/mol. The van der Waals surface area contributed by atoms with Gasteiger partial charge in [0.1, 0.15) is 0 Å². The highest BCUT2D eigenvalue weighted by Crippen LogP contribution is 2.25. The Kier molecular flexibility index (Phi) is 5.92. The zero-order valence-corrected chi connectivity index (χ0v) is 14.6. The highest BCUT2D eigenvalue weighted by Gasteiger charge is 2.23. The number of esters is 1. The van der Waals surface area contributed by atoms with Gasteiger partial charge in [0.2, 0.25) is 0 Å². The standard InChI is InChI=1S/C14H13Cl2N3O3S/c1-3-10-12(23-19-18-10)14(21)22-7(2)13(20)17-11-6-8(15)4-5-9(11)16/h4-7H,3H2,1-2H3,(H,17,20)/t7-/m1/s1. The SMILES string of the molecule is CCc1nnsc1C(=O)O[C@H](C)C(=O)Nc1cc(Cl)ccc1Cl. The first-order valence-corrected chi connectivity index (χ1v) is 8.23. The molecule has 1 aromatic carbocycles. The fourth-order valence-corrected chi connectivity index (χ4v) is 2.66. The Labute approximate surface area is 146 Å². The highest BCUT2D eigenvalue weighted by molar-refractivity contribution is 7.07. The summed E-state index contributed by atoms with van der Waals surface area (Å²) < 4.78 is 8.86. The van der Waals surface area contributed by atoms with E-state index in [-0.39, 0.29) is 0 Å². The van der Waals surface area contributed by atoms with E-state index in [0.29, 0.717) is 32.7 Å². The zero-order chi connectivity index (χ0) is 17.0. The van der Waals surface area contributed by atoms with Crippen molar-refractivity contribution in [1.29, 1.82) is 0 Å². The molecule has 9 heteroatoms. The van der Waals surface area contributed by atoms with E-state index in [4.69, 9.17) is 27.9 Å². The molecule has 2 aromatic rings. The van der Waals surface area contributed by atoms with Crippen LogP contribution in [0.2, 0.25) is 10.0 Å². The van der Waals surface area contributed by atoms with Gasteiger partial charge in [-0.1, -0.05) is 34.6 Å². The third-order valence-electron chi connectivity index (χ3n) is 2.92. The topological polar surface area (TPSA) is 81.2 Å². The largest absolute Gasteiger partial charge is 0.448 e. The fourth-order valence-electron chi connectivity index (χ4n) is 1.69. The van der Waals surface area contributed by atoms with E-state index in [0.717, 1.165) is 11.5 Å². The monoisotopic (exact) mass is 373 g/mol. The molecule has 0 aliphatic heterocycles. The molecule has 1 amide bonds. The maximum atomic E-state index is 12.1. The van der Waals surface area contributed by atoms with Crippen molar-refractivity contribution in [3.63, 3.8) is 0 Å². The van der Waals surface area contributed by atoms with Crippen LogP contribution in [0.3, 0.4) is 0 Å². The van der Waals surface area contributed by atoms with Crippen LogP contribution in [0.15, 0.2) is 18.2 Å². The second-order valence-corrected chi connectivity index (χ2v) is 6.16. The van der Waals surface area contributed by atoms with Crippen molar-refractivity contribution in [3.8, 4) is 0 Å². The fraction of sp³-hybridized carbons (Fsp3) is 0.286. The van der Waals surface area contributed by atoms with Gasteiger partial charge in [-0.3, -0.25) is 4.79 Å². The van der Waals surface area contributed by atoms with Crippen molar-refractivity contribution in [2.24, 2.45) is 0 Å². The number of aromatic nitrogens is 2. The number of nitrogens with one attached hydrogen (secondary N) is 1. The molecule has 23 heavy (non-hydrogen) atoms. The Morgan fingerprint density at radius 3 is 2.83 bits per heavy atom. The lowest BCUT2D eigenvalue weighted by molar-refractivity contribution is -0.123. The van der Waals surface area contributed by atoms with Crippen LogP contribution >= 0.6 is 34.7 Å². The predicted octanol–water partition coefficient (Wildman–Crippen LogP) is 3.59. The van der Waals surface area contributed by atoms with E-state index in [1.165, 1.54) is 13.0 Å². The molecule has 0 spiro atoms. The minimum atomic E-state index is -1.01. The Morgan fingerprint density at radius 2 is 2.13 bits per heavy atom. The number of rotatable bonds is 5. The van der Waals surface area contributed by atoms with Crippen molar-refractivity contribution >= 4 is 52.3 Å². The van der Waals surface area contributed by atoms with Crippen LogP contribution in [-0.2, 0) is 16.0 Å². The normalized spacial score (nSPS) is 11.8. The maximum absolute atomic E-state index is 12.1. The average Bonchev–Trinajstić information content (AvgIpc) is 2.99. The number of aryl methyl sites for hydroxylation is 1. The molecule has 0 saturated heterocycles. The van der Waals surface area contributed by atoms with Gasteiger partial charge >= 0.3 is 5.97 Å². The van der Waals surface area contributed by atoms with Gasteiger partial charge in [-0.15, -0.1) is 5.10 Å². The number of hydrogen-bond acceptors (Lipinski definition) is 6. The number of amides is 1. The summed E-state index contributed by atoms with van der Waals surface area (Å²) in [5, 5.41) is 7.16. The zero-order valence-electron chi connectivity index (χ0n) is 12.3. The van der Waals surface area contributed by atoms with E-state index in [1.54, 1.807) is 12.1 Å². The van der Waals surface area contributed by atoms with Gasteiger partial charge in [0, 0.05) is 5.02 Å². The molecule has 0 saturated carbocycles. The third-order valence-corrected chi connectivity index (χ3v) is 4.23. The number of carbonyl (C=O) groups is 2. The number of benzene rings is 1. The van der Waals surface area contributed by atoms with Gasteiger partial charge in [-0.05, 0) is 43.1 Å². The van der Waals surface area contributed by atoms with Gasteiger partial charge in [-0.2, -0.15) is 0 Å². The van der Waals surface area contributed by atoms with Crippen LogP contribution in [0, 0.1) is 0 Å². The molecule has 1 heterocycles. The summed E-state index contributed by atoms with van der Waals surface area (Å²) in [7, 11) is 0. The first kappa shape index (κ1) is 17.7. The summed E-state index contributed by atoms with van der Waals surface area (Å²) in [5.74, 6) is -1.14. The van der Waals surface area contributed by atoms with Gasteiger partial charge in [0.25, 0.3) is 5.91 Å². The Balaban J connectivity index is 2.02. The molecule has 0 aliphatic rings. The lowest BCUT2D eigenvalue weighted by Crippen LogP contribution is -2.30. The van der Waals surface area contributed by atoms with Crippen molar-refractivity contribution in [2.75, 3.05) is 5.32 Å². The molecule has 122 valence electrons. The summed E-state index contributed by atoms with van der Waals surface area (Å²) in [6, 6.07) is 4.68. The van der Waals surface area contributed by atoms with E-state index in [2.05, 4.69) is 14.9 Å². The number of halogens is 2. The molecule has 2 rings (SSSR count). The number of nitrogens with zero attached hydrogens (tertiary/aromatic N) is 2.